The Kier molecular flexibility index (Phi) is 15.3. The molecule has 32 rings (SSSR count). The highest BCUT2D eigenvalue weighted by Gasteiger charge is 2.32. The first-order chi connectivity index (χ1) is 66.5. The van der Waals surface area contributed by atoms with Gasteiger partial charge in [-0.1, -0.05) is 183 Å². The summed E-state index contributed by atoms with van der Waals surface area (Å²) in [4.78, 5) is 40.4. The minimum atomic E-state index is 0.502. The Morgan fingerprint density at radius 1 is 0.176 bits per heavy atom. The minimum Gasteiger partial charge on any atom is -0.276 e. The van der Waals surface area contributed by atoms with Crippen molar-refractivity contribution in [2.45, 2.75) is 82.1 Å². The molecular weight excluding hydrogens is 1670 g/mol. The molecule has 0 unspecified atom stereocenters. The van der Waals surface area contributed by atoms with Crippen LogP contribution in [0.4, 0.5) is 0 Å². The molecule has 0 aliphatic heterocycles. The summed E-state index contributed by atoms with van der Waals surface area (Å²) < 4.78 is 27.2. The largest absolute Gasteiger partial charge is 0.276 e. The van der Waals surface area contributed by atoms with E-state index in [1.165, 1.54) is 100 Å². The van der Waals surface area contributed by atoms with E-state index in [1.54, 1.807) is 0 Å². The van der Waals surface area contributed by atoms with Crippen molar-refractivity contribution in [1.82, 2.24) is 92.7 Å². The summed E-state index contributed by atoms with van der Waals surface area (Å²) in [5.74, 6) is 7.73. The average molecular weight is 1760 g/mol. The van der Waals surface area contributed by atoms with Gasteiger partial charge >= 0.3 is 0 Å². The molecule has 136 heavy (non-hydrogen) atoms. The maximum absolute atomic E-state index is 5.07. The highest BCUT2D eigenvalue weighted by atomic mass is 15.3. The van der Waals surface area contributed by atoms with Gasteiger partial charge in [0.2, 0.25) is 46.2 Å². The maximum atomic E-state index is 5.07. The third-order valence-electron chi connectivity index (χ3n) is 29.0. The Morgan fingerprint density at radius 3 is 0.625 bits per heavy atom. The van der Waals surface area contributed by atoms with Gasteiger partial charge in [0.25, 0.3) is 0 Å². The van der Waals surface area contributed by atoms with E-state index < -0.39 is 0 Å². The van der Waals surface area contributed by atoms with E-state index in [0.29, 0.717) is 5.92 Å². The predicted octanol–water partition coefficient (Wildman–Crippen LogP) is 27.1. The van der Waals surface area contributed by atoms with Crippen molar-refractivity contribution in [2.24, 2.45) is 0 Å². The van der Waals surface area contributed by atoms with Crippen LogP contribution in [0.1, 0.15) is 75.4 Å². The van der Waals surface area contributed by atoms with Crippen molar-refractivity contribution in [3.05, 3.63) is 359 Å². The smallest absolute Gasteiger partial charge is 0.223 e. The van der Waals surface area contributed by atoms with E-state index in [4.69, 9.17) is 39.9 Å². The van der Waals surface area contributed by atoms with E-state index in [9.17, 15) is 0 Å². The lowest BCUT2D eigenvalue weighted by Gasteiger charge is -2.15. The first-order valence-corrected chi connectivity index (χ1v) is 46.6. The lowest BCUT2D eigenvalue weighted by atomic mass is 9.90. The van der Waals surface area contributed by atoms with Crippen LogP contribution in [-0.4, -0.2) is 92.7 Å². The van der Waals surface area contributed by atoms with E-state index in [1.807, 2.05) is 36.4 Å². The van der Waals surface area contributed by atoms with Gasteiger partial charge < -0.3 is 0 Å². The molecule has 0 radical (unpaired) electrons. The zero-order chi connectivity index (χ0) is 90.7. The molecule has 648 valence electrons. The van der Waals surface area contributed by atoms with Crippen LogP contribution >= 0.6 is 0 Å². The third-order valence-corrected chi connectivity index (χ3v) is 29.0. The Balaban J connectivity index is 0.0000000879. The van der Waals surface area contributed by atoms with Crippen LogP contribution in [-0.2, 0) is 0 Å². The topological polar surface area (TPSA) is 156 Å². The molecule has 20 heteroatoms. The second kappa shape index (κ2) is 27.3. The SMILES string of the molecule is Cc1cc(C(C)C)cc(C)c1-c1cc2c3c(c1)n1c4ccccc4nc1n3c1nc3ccccc3n21.Cc1cc(C)c(-c2cc3c4c(c2)n2c5ccccc5nc2n4c2nc4ccccc4n32)c(C)c1.Cc1ccc(-c2cc3c4c(c2)n2c5ccccc5nc2n4c2nc4ccccc4n32)c(C)c1.Cc1cccc(C)c1-c1cc2c3c(c1)n1c4ccccc4nc1n3c1nc3ccccc3n21. The van der Waals surface area contributed by atoms with Crippen molar-refractivity contribution in [1.29, 1.82) is 0 Å². The van der Waals surface area contributed by atoms with Gasteiger partial charge in [-0.05, 0) is 303 Å². The van der Waals surface area contributed by atoms with Gasteiger partial charge in [0, 0.05) is 0 Å². The van der Waals surface area contributed by atoms with Gasteiger partial charge in [-0.25, -0.2) is 57.5 Å². The molecule has 16 heterocycles. The van der Waals surface area contributed by atoms with Gasteiger partial charge in [0.1, 0.15) is 22.1 Å². The second-order valence-corrected chi connectivity index (χ2v) is 37.7. The lowest BCUT2D eigenvalue weighted by Crippen LogP contribution is -1.95. The van der Waals surface area contributed by atoms with Crippen LogP contribution in [0.3, 0.4) is 0 Å². The van der Waals surface area contributed by atoms with E-state index in [-0.39, 0.29) is 0 Å². The molecule has 0 spiro atoms. The Hall–Kier alpha value is -17.5. The normalized spacial score (nSPS) is 12.6. The summed E-state index contributed by atoms with van der Waals surface area (Å²) in [7, 11) is 0. The van der Waals surface area contributed by atoms with Crippen LogP contribution in [0, 0.1) is 62.3 Å². The lowest BCUT2D eigenvalue weighted by molar-refractivity contribution is 0.863. The number of nitrogens with zero attached hydrogens (tertiary/aromatic N) is 20. The molecule has 16 aromatic carbocycles. The Bertz CT molecular complexity index is 10200. The summed E-state index contributed by atoms with van der Waals surface area (Å²) in [6, 6.07) is 108. The number of benzene rings is 16. The molecule has 20 nitrogen and oxygen atoms in total. The molecule has 0 fully saturated rings. The molecule has 0 N–H and O–H groups in total. The first kappa shape index (κ1) is 76.2. The van der Waals surface area contributed by atoms with E-state index in [0.717, 1.165) is 201 Å². The van der Waals surface area contributed by atoms with Gasteiger partial charge in [0.05, 0.1) is 132 Å². The number of para-hydroxylation sites is 16. The number of aromatic nitrogens is 20. The average Bonchev–Trinajstić information content (AvgIpc) is 1.53. The fourth-order valence-electron chi connectivity index (χ4n) is 23.5. The molecule has 0 bridgehead atoms. The second-order valence-electron chi connectivity index (χ2n) is 37.7. The third kappa shape index (κ3) is 10.2. The number of fused-ring (bicyclic) bond motifs is 40. The summed E-state index contributed by atoms with van der Waals surface area (Å²) in [6.07, 6.45) is 0. The van der Waals surface area contributed by atoms with Gasteiger partial charge in [-0.3, -0.25) is 35.2 Å². The van der Waals surface area contributed by atoms with Crippen molar-refractivity contribution in [3.8, 4) is 44.5 Å². The first-order valence-electron chi connectivity index (χ1n) is 46.6. The summed E-state index contributed by atoms with van der Waals surface area (Å²) in [5.41, 5.74) is 53.8. The number of hydrogen-bond acceptors (Lipinski definition) is 8. The Morgan fingerprint density at radius 2 is 0.390 bits per heavy atom. The molecule has 0 aliphatic rings. The minimum absolute atomic E-state index is 0.502. The van der Waals surface area contributed by atoms with E-state index >= 15 is 0 Å². The quantitative estimate of drug-likeness (QED) is 0.165. The van der Waals surface area contributed by atoms with Crippen LogP contribution in [0.2, 0.25) is 0 Å². The van der Waals surface area contributed by atoms with Crippen LogP contribution in [0.25, 0.3) is 245 Å². The maximum Gasteiger partial charge on any atom is 0.223 e. The summed E-state index contributed by atoms with van der Waals surface area (Å²) in [5, 5.41) is 0. The summed E-state index contributed by atoms with van der Waals surface area (Å²) in [6.45, 7) is 24.3. The fourth-order valence-corrected chi connectivity index (χ4v) is 23.5. The zero-order valence-electron chi connectivity index (χ0n) is 76.4. The van der Waals surface area contributed by atoms with Crippen molar-refractivity contribution >= 4 is 201 Å². The molecule has 0 saturated carbocycles. The van der Waals surface area contributed by atoms with Crippen LogP contribution < -0.4 is 0 Å². The monoisotopic (exact) mass is 1760 g/mol. The number of hydrogen-bond donors (Lipinski definition) is 0. The van der Waals surface area contributed by atoms with E-state index in [2.05, 4.69) is 396 Å². The number of imidazole rings is 16. The molecule has 32 aromatic rings. The van der Waals surface area contributed by atoms with Crippen molar-refractivity contribution < 1.29 is 0 Å². The zero-order valence-corrected chi connectivity index (χ0v) is 76.4. The van der Waals surface area contributed by atoms with Gasteiger partial charge in [-0.15, -0.1) is 0 Å². The molecule has 0 atom stereocenters. The molecule has 0 saturated heterocycles. The highest BCUT2D eigenvalue weighted by molar-refractivity contribution is 6.12. The molecule has 16 aromatic heterocycles. The Labute approximate surface area is 773 Å². The fraction of sp³-hybridized carbons (Fsp3) is 0.103. The molecule has 0 amide bonds. The highest BCUT2D eigenvalue weighted by Crippen LogP contribution is 2.46. The van der Waals surface area contributed by atoms with Crippen molar-refractivity contribution in [2.75, 3.05) is 0 Å². The molecule has 0 aliphatic carbocycles. The molecular formula is C116H84N20. The number of aryl methyl sites for hydroxylation is 9. The number of rotatable bonds is 5. The van der Waals surface area contributed by atoms with Gasteiger partial charge in [0.15, 0.2) is 0 Å². The van der Waals surface area contributed by atoms with Crippen molar-refractivity contribution in [3.63, 3.8) is 0 Å². The van der Waals surface area contributed by atoms with Crippen LogP contribution in [0.5, 0.6) is 0 Å². The van der Waals surface area contributed by atoms with Gasteiger partial charge in [-0.2, -0.15) is 0 Å². The van der Waals surface area contributed by atoms with Crippen LogP contribution in [0.15, 0.2) is 303 Å². The standard InChI is InChI=1S/C31H25N5.C29H21N5.2C28H19N5/c1-17(2)20-13-18(3)28(19(4)14-20)21-15-26-29-27(16-21)35-25-12-8-6-10-23(25)33-31(35)36(29)30-32-22-9-5-7-11-24(22)34(26)30;1-16-12-17(2)26(18(3)13-16)19-14-24-27-25(15-19)33-23-11-7-5-9-21(23)31-29(33)34(27)28-30-20-8-4-6-10-22(20)32(24)28;1-16-8-7-9-17(2)25(16)18-14-23-26-24(15-18)32-22-13-6-4-11-20(22)30-28(32)33(26)27-29-19-10-3-5-12-21(19)31(23)27;1-16-11-12-19(17(2)13-16)18-14-24-26-25(15-18)32-23-10-6-4-8-21(23)30-28(32)33(26)27-29-20-7-3-5-9-22(20)31(24)27/h5-17H,1-4H3;4-15H,1-3H3;2*3-15H,1-2H3. The predicted molar refractivity (Wildman–Crippen MR) is 553 cm³/mol. The summed E-state index contributed by atoms with van der Waals surface area (Å²) >= 11 is 0.